The van der Waals surface area contributed by atoms with Gasteiger partial charge in [0, 0.05) is 0 Å². The van der Waals surface area contributed by atoms with Crippen LogP contribution >= 0.6 is 0 Å². The van der Waals surface area contributed by atoms with Crippen LogP contribution in [0.1, 0.15) is 24.5 Å². The van der Waals surface area contributed by atoms with E-state index < -0.39 is 0 Å². The molecule has 0 saturated heterocycles. The van der Waals surface area contributed by atoms with Crippen LogP contribution in [0.3, 0.4) is 0 Å². The molecule has 21 heavy (non-hydrogen) atoms. The van der Waals surface area contributed by atoms with Gasteiger partial charge in [0.25, 0.3) is 0 Å². The Bertz CT molecular complexity index is 588. The van der Waals surface area contributed by atoms with E-state index in [0.717, 1.165) is 29.9 Å². The van der Waals surface area contributed by atoms with Gasteiger partial charge < -0.3 is 15.1 Å². The molecule has 4 heteroatoms. The Labute approximate surface area is 124 Å². The van der Waals surface area contributed by atoms with Gasteiger partial charge in [-0.25, -0.2) is 0 Å². The summed E-state index contributed by atoms with van der Waals surface area (Å²) in [6.07, 6.45) is 1.58. The Hall–Kier alpha value is -2.49. The second-order valence-corrected chi connectivity index (χ2v) is 4.93. The van der Waals surface area contributed by atoms with E-state index in [4.69, 9.17) is 9.94 Å². The van der Waals surface area contributed by atoms with Crippen molar-refractivity contribution in [3.8, 4) is 11.5 Å². The van der Waals surface area contributed by atoms with Crippen LogP contribution in [0.15, 0.2) is 53.7 Å². The molecule has 0 heterocycles. The predicted molar refractivity (Wildman–Crippen MR) is 82.1 cm³/mol. The Kier molecular flexibility index (Phi) is 5.21. The quantitative estimate of drug-likeness (QED) is 0.482. The fourth-order valence-corrected chi connectivity index (χ4v) is 1.89. The lowest BCUT2D eigenvalue weighted by Crippen LogP contribution is -1.97. The van der Waals surface area contributed by atoms with E-state index >= 15 is 0 Å². The maximum atomic E-state index is 9.21. The van der Waals surface area contributed by atoms with Gasteiger partial charge in [0.2, 0.25) is 0 Å². The third kappa shape index (κ3) is 4.84. The minimum atomic E-state index is 0.254. The highest BCUT2D eigenvalue weighted by Crippen LogP contribution is 2.16. The summed E-state index contributed by atoms with van der Waals surface area (Å²) in [5, 5.41) is 21.0. The first-order chi connectivity index (χ1) is 10.2. The van der Waals surface area contributed by atoms with Gasteiger partial charge in [-0.1, -0.05) is 29.4 Å². The fourth-order valence-electron chi connectivity index (χ4n) is 1.89. The van der Waals surface area contributed by atoms with Gasteiger partial charge in [-0.05, 0) is 55.2 Å². The van der Waals surface area contributed by atoms with Crippen LogP contribution in [0.5, 0.6) is 11.5 Å². The van der Waals surface area contributed by atoms with Gasteiger partial charge in [-0.3, -0.25) is 0 Å². The largest absolute Gasteiger partial charge is 0.508 e. The zero-order valence-corrected chi connectivity index (χ0v) is 12.0. The third-order valence-electron chi connectivity index (χ3n) is 3.21. The molecule has 0 unspecified atom stereocenters. The molecule has 2 aromatic rings. The van der Waals surface area contributed by atoms with Crippen molar-refractivity contribution in [1.82, 2.24) is 0 Å². The van der Waals surface area contributed by atoms with Crippen molar-refractivity contribution in [2.75, 3.05) is 0 Å². The SMILES string of the molecule is C/C(CCc1ccc(OCc2ccc(O)cc2)cc1)=N/O. The molecule has 4 nitrogen and oxygen atoms in total. The summed E-state index contributed by atoms with van der Waals surface area (Å²) in [7, 11) is 0. The number of oxime groups is 1. The highest BCUT2D eigenvalue weighted by atomic mass is 16.5. The molecule has 110 valence electrons. The molecule has 0 aliphatic heterocycles. The minimum absolute atomic E-state index is 0.254. The van der Waals surface area contributed by atoms with E-state index in [-0.39, 0.29) is 5.75 Å². The van der Waals surface area contributed by atoms with Crippen molar-refractivity contribution in [3.63, 3.8) is 0 Å². The summed E-state index contributed by atoms with van der Waals surface area (Å²) in [6.45, 7) is 2.27. The molecule has 0 spiro atoms. The lowest BCUT2D eigenvalue weighted by molar-refractivity contribution is 0.306. The van der Waals surface area contributed by atoms with Crippen molar-refractivity contribution in [3.05, 3.63) is 59.7 Å². The van der Waals surface area contributed by atoms with E-state index in [1.54, 1.807) is 19.1 Å². The van der Waals surface area contributed by atoms with Crippen LogP contribution in [0.25, 0.3) is 0 Å². The highest BCUT2D eigenvalue weighted by molar-refractivity contribution is 5.81. The average Bonchev–Trinajstić information content (AvgIpc) is 2.53. The number of benzene rings is 2. The molecule has 0 aliphatic rings. The molecule has 0 bridgehead atoms. The normalized spacial score (nSPS) is 11.4. The first-order valence-corrected chi connectivity index (χ1v) is 6.84. The number of phenolic OH excluding ortho intramolecular Hbond substituents is 1. The van der Waals surface area contributed by atoms with E-state index in [1.165, 1.54) is 5.56 Å². The van der Waals surface area contributed by atoms with Gasteiger partial charge in [-0.15, -0.1) is 0 Å². The van der Waals surface area contributed by atoms with Gasteiger partial charge >= 0.3 is 0 Å². The fraction of sp³-hybridized carbons (Fsp3) is 0.235. The standard InChI is InChI=1S/C17H19NO3/c1-13(18-20)2-3-14-6-10-17(11-7-14)21-12-15-4-8-16(19)9-5-15/h4-11,19-20H,2-3,12H2,1H3/b18-13-. The van der Waals surface area contributed by atoms with Gasteiger partial charge in [-0.2, -0.15) is 0 Å². The van der Waals surface area contributed by atoms with Crippen LogP contribution in [0.2, 0.25) is 0 Å². The molecule has 0 fully saturated rings. The van der Waals surface area contributed by atoms with Crippen molar-refractivity contribution < 1.29 is 15.1 Å². The number of hydrogen-bond donors (Lipinski definition) is 2. The smallest absolute Gasteiger partial charge is 0.119 e. The van der Waals surface area contributed by atoms with Crippen LogP contribution in [0.4, 0.5) is 0 Å². The summed E-state index contributed by atoms with van der Waals surface area (Å²) in [5.74, 6) is 1.06. The average molecular weight is 285 g/mol. The molecular formula is C17H19NO3. The molecule has 0 aromatic heterocycles. The zero-order chi connectivity index (χ0) is 15.1. The van der Waals surface area contributed by atoms with Crippen LogP contribution in [-0.4, -0.2) is 16.0 Å². The highest BCUT2D eigenvalue weighted by Gasteiger charge is 1.99. The molecule has 0 amide bonds. The summed E-state index contributed by atoms with van der Waals surface area (Å²) in [4.78, 5) is 0. The molecule has 0 radical (unpaired) electrons. The Morgan fingerprint density at radius 2 is 1.62 bits per heavy atom. The minimum Gasteiger partial charge on any atom is -0.508 e. The molecule has 0 atom stereocenters. The third-order valence-corrected chi connectivity index (χ3v) is 3.21. The van der Waals surface area contributed by atoms with Crippen LogP contribution in [0, 0.1) is 0 Å². The summed E-state index contributed by atoms with van der Waals surface area (Å²) >= 11 is 0. The molecular weight excluding hydrogens is 266 g/mol. The topological polar surface area (TPSA) is 62.0 Å². The van der Waals surface area contributed by atoms with Gasteiger partial charge in [0.05, 0.1) is 5.71 Å². The van der Waals surface area contributed by atoms with Crippen LogP contribution in [-0.2, 0) is 13.0 Å². The molecule has 0 saturated carbocycles. The molecule has 2 N–H and O–H groups in total. The maximum absolute atomic E-state index is 9.21. The van der Waals surface area contributed by atoms with Crippen LogP contribution < -0.4 is 4.74 Å². The lowest BCUT2D eigenvalue weighted by atomic mass is 10.1. The first kappa shape index (κ1) is 14.9. The number of aromatic hydroxyl groups is 1. The number of rotatable bonds is 6. The number of aryl methyl sites for hydroxylation is 1. The summed E-state index contributed by atoms with van der Waals surface area (Å²) in [5.41, 5.74) is 2.91. The predicted octanol–water partition coefficient (Wildman–Crippen LogP) is 3.75. The van der Waals surface area contributed by atoms with Crippen molar-refractivity contribution in [2.45, 2.75) is 26.4 Å². The molecule has 2 aromatic carbocycles. The van der Waals surface area contributed by atoms with Gasteiger partial charge in [0.15, 0.2) is 0 Å². The van der Waals surface area contributed by atoms with E-state index in [9.17, 15) is 5.11 Å². The number of ether oxygens (including phenoxy) is 1. The summed E-state index contributed by atoms with van der Waals surface area (Å²) in [6, 6.07) is 14.8. The van der Waals surface area contributed by atoms with E-state index in [1.807, 2.05) is 36.4 Å². The number of nitrogens with zero attached hydrogens (tertiary/aromatic N) is 1. The second kappa shape index (κ2) is 7.33. The Balaban J connectivity index is 1.86. The second-order valence-electron chi connectivity index (χ2n) is 4.93. The number of phenols is 1. The lowest BCUT2D eigenvalue weighted by Gasteiger charge is -2.07. The first-order valence-electron chi connectivity index (χ1n) is 6.84. The van der Waals surface area contributed by atoms with Gasteiger partial charge in [0.1, 0.15) is 18.1 Å². The molecule has 2 rings (SSSR count). The number of hydrogen-bond acceptors (Lipinski definition) is 4. The van der Waals surface area contributed by atoms with Crippen molar-refractivity contribution in [2.24, 2.45) is 5.16 Å². The summed E-state index contributed by atoms with van der Waals surface area (Å²) < 4.78 is 5.69. The van der Waals surface area contributed by atoms with E-state index in [2.05, 4.69) is 5.16 Å². The van der Waals surface area contributed by atoms with Crippen molar-refractivity contribution >= 4 is 5.71 Å². The van der Waals surface area contributed by atoms with E-state index in [0.29, 0.717) is 6.61 Å². The maximum Gasteiger partial charge on any atom is 0.119 e. The molecule has 0 aliphatic carbocycles. The van der Waals surface area contributed by atoms with Crippen molar-refractivity contribution in [1.29, 1.82) is 0 Å². The monoisotopic (exact) mass is 285 g/mol. The zero-order valence-electron chi connectivity index (χ0n) is 12.0. The Morgan fingerprint density at radius 3 is 2.24 bits per heavy atom. The Morgan fingerprint density at radius 1 is 1.00 bits per heavy atom.